The maximum Gasteiger partial charge on any atom is 0.336 e. The van der Waals surface area contributed by atoms with E-state index in [0.717, 1.165) is 22.8 Å². The van der Waals surface area contributed by atoms with Crippen molar-refractivity contribution >= 4 is 17.6 Å². The molecule has 7 nitrogen and oxygen atoms in total. The lowest BCUT2D eigenvalue weighted by atomic mass is 9.96. The van der Waals surface area contributed by atoms with Gasteiger partial charge in [-0.15, -0.1) is 0 Å². The summed E-state index contributed by atoms with van der Waals surface area (Å²) in [7, 11) is 0. The molecular weight excluding hydrogens is 324 g/mol. The molecule has 1 amide bonds. The summed E-state index contributed by atoms with van der Waals surface area (Å²) >= 11 is 0. The quantitative estimate of drug-likeness (QED) is 0.684. The summed E-state index contributed by atoms with van der Waals surface area (Å²) in [6.07, 6.45) is 0.631. The van der Waals surface area contributed by atoms with Crippen molar-refractivity contribution in [1.29, 1.82) is 0 Å². The molecule has 25 heavy (non-hydrogen) atoms. The molecule has 7 heteroatoms. The van der Waals surface area contributed by atoms with E-state index in [1.165, 1.54) is 17.0 Å². The molecule has 1 aliphatic heterocycles. The molecule has 0 saturated carbocycles. The highest BCUT2D eigenvalue weighted by atomic mass is 16.6. The van der Waals surface area contributed by atoms with Crippen molar-refractivity contribution < 1.29 is 19.6 Å². The van der Waals surface area contributed by atoms with Crippen LogP contribution >= 0.6 is 0 Å². The summed E-state index contributed by atoms with van der Waals surface area (Å²) < 4.78 is 0. The second kappa shape index (κ2) is 6.35. The molecule has 0 atom stereocenters. The molecule has 1 heterocycles. The van der Waals surface area contributed by atoms with Crippen molar-refractivity contribution in [3.05, 3.63) is 74.3 Å². The van der Waals surface area contributed by atoms with Crippen LogP contribution in [-0.2, 0) is 13.0 Å². The first-order valence-electron chi connectivity index (χ1n) is 7.77. The van der Waals surface area contributed by atoms with Crippen LogP contribution in [0.1, 0.15) is 37.4 Å². The van der Waals surface area contributed by atoms with Gasteiger partial charge in [0, 0.05) is 19.2 Å². The number of rotatable bonds is 3. The zero-order valence-electron chi connectivity index (χ0n) is 13.6. The van der Waals surface area contributed by atoms with Gasteiger partial charge in [0.15, 0.2) is 0 Å². The lowest BCUT2D eigenvalue weighted by Crippen LogP contribution is -2.37. The molecule has 0 aromatic heterocycles. The van der Waals surface area contributed by atoms with Gasteiger partial charge in [0.1, 0.15) is 5.56 Å². The first-order valence-corrected chi connectivity index (χ1v) is 7.77. The van der Waals surface area contributed by atoms with E-state index in [1.807, 2.05) is 19.1 Å². The number of aromatic carboxylic acids is 1. The minimum atomic E-state index is -1.36. The molecule has 0 bridgehead atoms. The summed E-state index contributed by atoms with van der Waals surface area (Å²) in [5, 5.41) is 20.6. The molecule has 0 unspecified atom stereocenters. The number of aryl methyl sites for hydroxylation is 1. The van der Waals surface area contributed by atoms with Crippen LogP contribution in [0.4, 0.5) is 5.69 Å². The van der Waals surface area contributed by atoms with Gasteiger partial charge in [-0.05, 0) is 30.5 Å². The molecule has 1 aliphatic rings. The normalized spacial score (nSPS) is 13.2. The number of benzene rings is 2. The minimum Gasteiger partial charge on any atom is -0.478 e. The van der Waals surface area contributed by atoms with Gasteiger partial charge in [-0.2, -0.15) is 0 Å². The van der Waals surface area contributed by atoms with Crippen LogP contribution in [-0.4, -0.2) is 33.4 Å². The van der Waals surface area contributed by atoms with Crippen LogP contribution in [0, 0.1) is 17.0 Å². The second-order valence-corrected chi connectivity index (χ2v) is 6.01. The van der Waals surface area contributed by atoms with Gasteiger partial charge in [0.2, 0.25) is 0 Å². The van der Waals surface area contributed by atoms with Gasteiger partial charge in [-0.3, -0.25) is 14.9 Å². The largest absolute Gasteiger partial charge is 0.478 e. The molecule has 2 aromatic rings. The number of fused-ring (bicyclic) bond motifs is 1. The minimum absolute atomic E-state index is 0.305. The third-order valence-electron chi connectivity index (χ3n) is 4.34. The van der Waals surface area contributed by atoms with Crippen LogP contribution in [0.15, 0.2) is 36.4 Å². The zero-order valence-corrected chi connectivity index (χ0v) is 13.6. The number of carboxylic acids is 1. The predicted molar refractivity (Wildman–Crippen MR) is 89.7 cm³/mol. The number of hydrogen-bond acceptors (Lipinski definition) is 4. The Balaban J connectivity index is 2.00. The highest BCUT2D eigenvalue weighted by molar-refractivity contribution is 6.07. The monoisotopic (exact) mass is 340 g/mol. The Kier molecular flexibility index (Phi) is 4.22. The number of carboxylic acid groups (broad SMARTS) is 1. The number of nitro benzene ring substituents is 1. The molecule has 1 N–H and O–H groups in total. The van der Waals surface area contributed by atoms with Gasteiger partial charge in [-0.1, -0.05) is 29.8 Å². The Morgan fingerprint density at radius 2 is 1.96 bits per heavy atom. The fourth-order valence-electron chi connectivity index (χ4n) is 3.11. The maximum absolute atomic E-state index is 12.9. The molecule has 0 saturated heterocycles. The number of carbonyl (C=O) groups is 2. The highest BCUT2D eigenvalue weighted by Crippen LogP contribution is 2.27. The number of nitro groups is 1. The zero-order chi connectivity index (χ0) is 18.1. The fraction of sp³-hybridized carbons (Fsp3) is 0.222. The Morgan fingerprint density at radius 1 is 1.20 bits per heavy atom. The predicted octanol–water partition coefficient (Wildman–Crippen LogP) is 2.80. The number of carbonyl (C=O) groups excluding carboxylic acids is 1. The molecule has 0 aliphatic carbocycles. The van der Waals surface area contributed by atoms with Gasteiger partial charge in [0.05, 0.1) is 10.5 Å². The van der Waals surface area contributed by atoms with Crippen molar-refractivity contribution in [3.63, 3.8) is 0 Å². The number of nitrogens with zero attached hydrogens (tertiary/aromatic N) is 2. The molecular formula is C18H16N2O5. The summed E-state index contributed by atoms with van der Waals surface area (Å²) in [4.78, 5) is 36.3. The summed E-state index contributed by atoms with van der Waals surface area (Å²) in [6, 6.07) is 9.57. The molecule has 128 valence electrons. The average Bonchev–Trinajstić information content (AvgIpc) is 2.59. The molecule has 0 spiro atoms. The lowest BCUT2D eigenvalue weighted by molar-refractivity contribution is -0.385. The van der Waals surface area contributed by atoms with Crippen LogP contribution < -0.4 is 0 Å². The first-order chi connectivity index (χ1) is 11.9. The van der Waals surface area contributed by atoms with Gasteiger partial charge in [0.25, 0.3) is 11.6 Å². The Bertz CT molecular complexity index is 859. The van der Waals surface area contributed by atoms with Gasteiger partial charge < -0.3 is 10.0 Å². The van der Waals surface area contributed by atoms with Crippen molar-refractivity contribution in [1.82, 2.24) is 4.90 Å². The third-order valence-corrected chi connectivity index (χ3v) is 4.34. The van der Waals surface area contributed by atoms with Gasteiger partial charge in [-0.25, -0.2) is 4.79 Å². The second-order valence-electron chi connectivity index (χ2n) is 6.01. The highest BCUT2D eigenvalue weighted by Gasteiger charge is 2.31. The van der Waals surface area contributed by atoms with E-state index < -0.39 is 22.5 Å². The average molecular weight is 340 g/mol. The molecule has 0 radical (unpaired) electrons. The lowest BCUT2D eigenvalue weighted by Gasteiger charge is -2.29. The van der Waals surface area contributed by atoms with E-state index in [-0.39, 0.29) is 11.1 Å². The van der Waals surface area contributed by atoms with E-state index in [9.17, 15) is 24.8 Å². The van der Waals surface area contributed by atoms with E-state index in [4.69, 9.17) is 0 Å². The number of amides is 1. The fourth-order valence-corrected chi connectivity index (χ4v) is 3.11. The SMILES string of the molecule is Cc1ccc2c(c1)CCN(C(=O)c1c(C(=O)O)cccc1[N+](=O)[O-])C2. The van der Waals surface area contributed by atoms with Crippen LogP contribution in [0.5, 0.6) is 0 Å². The van der Waals surface area contributed by atoms with E-state index >= 15 is 0 Å². The first kappa shape index (κ1) is 16.6. The van der Waals surface area contributed by atoms with E-state index in [1.54, 1.807) is 0 Å². The smallest absolute Gasteiger partial charge is 0.336 e. The van der Waals surface area contributed by atoms with Crippen molar-refractivity contribution in [2.45, 2.75) is 19.9 Å². The van der Waals surface area contributed by atoms with Crippen molar-refractivity contribution in [2.75, 3.05) is 6.54 Å². The standard InChI is InChI=1S/C18H16N2O5/c1-11-5-6-13-10-19(8-7-12(13)9-11)17(21)16-14(18(22)23)3-2-4-15(16)20(24)25/h2-6,9H,7-8,10H2,1H3,(H,22,23). The summed E-state index contributed by atoms with van der Waals surface area (Å²) in [6.45, 7) is 2.68. The topological polar surface area (TPSA) is 101 Å². The molecule has 2 aromatic carbocycles. The van der Waals surface area contributed by atoms with Crippen LogP contribution in [0.25, 0.3) is 0 Å². The maximum atomic E-state index is 12.9. The summed E-state index contributed by atoms with van der Waals surface area (Å²) in [5.74, 6) is -1.99. The summed E-state index contributed by atoms with van der Waals surface area (Å²) in [5.41, 5.74) is 2.04. The van der Waals surface area contributed by atoms with Crippen molar-refractivity contribution in [2.24, 2.45) is 0 Å². The van der Waals surface area contributed by atoms with Crippen LogP contribution in [0.3, 0.4) is 0 Å². The van der Waals surface area contributed by atoms with Gasteiger partial charge >= 0.3 is 5.97 Å². The Morgan fingerprint density at radius 3 is 2.64 bits per heavy atom. The van der Waals surface area contributed by atoms with E-state index in [2.05, 4.69) is 6.07 Å². The Hall–Kier alpha value is -3.22. The molecule has 0 fully saturated rings. The number of hydrogen-bond donors (Lipinski definition) is 1. The Labute approximate surface area is 143 Å². The van der Waals surface area contributed by atoms with E-state index in [0.29, 0.717) is 19.5 Å². The van der Waals surface area contributed by atoms with Crippen molar-refractivity contribution in [3.8, 4) is 0 Å². The third kappa shape index (κ3) is 3.08. The molecule has 3 rings (SSSR count). The van der Waals surface area contributed by atoms with Crippen LogP contribution in [0.2, 0.25) is 0 Å².